The van der Waals surface area contributed by atoms with Crippen molar-refractivity contribution in [3.05, 3.63) is 72.0 Å². The summed E-state index contributed by atoms with van der Waals surface area (Å²) in [6, 6.07) is 19.9. The summed E-state index contributed by atoms with van der Waals surface area (Å²) in [6.45, 7) is 2.75. The Morgan fingerprint density at radius 1 is 1.04 bits per heavy atom. The second kappa shape index (κ2) is 8.93. The van der Waals surface area contributed by atoms with Gasteiger partial charge in [-0.3, -0.25) is 0 Å². The first-order valence-electron chi connectivity index (χ1n) is 9.64. The van der Waals surface area contributed by atoms with E-state index >= 15 is 0 Å². The molecular formula is C23H29N3O2. The van der Waals surface area contributed by atoms with E-state index in [0.717, 1.165) is 29.7 Å². The summed E-state index contributed by atoms with van der Waals surface area (Å²) in [6.07, 6.45) is 0.789. The SMILES string of the molecule is CC(c1cc2ccccc2o1)N(C)C(=O)NC(Cc1ccccc1)CN(C)C. The van der Waals surface area contributed by atoms with E-state index in [1.807, 2.05) is 76.6 Å². The monoisotopic (exact) mass is 379 g/mol. The van der Waals surface area contributed by atoms with Gasteiger partial charge in [0.15, 0.2) is 0 Å². The number of nitrogens with one attached hydrogen (secondary N) is 1. The summed E-state index contributed by atoms with van der Waals surface area (Å²) in [5.74, 6) is 0.783. The van der Waals surface area contributed by atoms with E-state index in [1.165, 1.54) is 5.56 Å². The maximum Gasteiger partial charge on any atom is 0.318 e. The number of urea groups is 1. The molecule has 2 amide bonds. The first-order valence-corrected chi connectivity index (χ1v) is 9.64. The zero-order valence-electron chi connectivity index (χ0n) is 17.1. The van der Waals surface area contributed by atoms with Gasteiger partial charge in [0.25, 0.3) is 0 Å². The number of nitrogens with zero attached hydrogens (tertiary/aromatic N) is 2. The van der Waals surface area contributed by atoms with Crippen LogP contribution in [-0.2, 0) is 6.42 Å². The highest BCUT2D eigenvalue weighted by molar-refractivity contribution is 5.78. The van der Waals surface area contributed by atoms with Crippen LogP contribution in [0.4, 0.5) is 4.79 Å². The van der Waals surface area contributed by atoms with Gasteiger partial charge in [0.05, 0.1) is 6.04 Å². The molecule has 5 nitrogen and oxygen atoms in total. The molecule has 0 aliphatic rings. The Morgan fingerprint density at radius 2 is 1.71 bits per heavy atom. The molecule has 0 saturated heterocycles. The highest BCUT2D eigenvalue weighted by atomic mass is 16.3. The van der Waals surface area contributed by atoms with Gasteiger partial charge in [-0.25, -0.2) is 4.79 Å². The van der Waals surface area contributed by atoms with Crippen LogP contribution in [-0.4, -0.2) is 49.6 Å². The van der Waals surface area contributed by atoms with Gasteiger partial charge < -0.3 is 19.5 Å². The second-order valence-corrected chi connectivity index (χ2v) is 7.57. The molecule has 2 aromatic carbocycles. The van der Waals surface area contributed by atoms with Crippen molar-refractivity contribution in [2.24, 2.45) is 0 Å². The van der Waals surface area contributed by atoms with Crippen molar-refractivity contribution in [3.8, 4) is 0 Å². The van der Waals surface area contributed by atoms with Crippen LogP contribution < -0.4 is 5.32 Å². The van der Waals surface area contributed by atoms with Gasteiger partial charge in [0.2, 0.25) is 0 Å². The van der Waals surface area contributed by atoms with Crippen molar-refractivity contribution in [2.45, 2.75) is 25.4 Å². The standard InChI is InChI=1S/C23H29N3O2/c1-17(22-15-19-12-8-9-13-21(19)28-22)26(4)23(27)24-20(16-25(2)3)14-18-10-6-5-7-11-18/h5-13,15,17,20H,14,16H2,1-4H3,(H,24,27). The Kier molecular flexibility index (Phi) is 6.37. The molecule has 0 aliphatic heterocycles. The molecule has 148 valence electrons. The van der Waals surface area contributed by atoms with Gasteiger partial charge in [-0.15, -0.1) is 0 Å². The van der Waals surface area contributed by atoms with Crippen LogP contribution in [0.15, 0.2) is 65.1 Å². The quantitative estimate of drug-likeness (QED) is 0.665. The Labute approximate surface area is 166 Å². The van der Waals surface area contributed by atoms with Crippen molar-refractivity contribution in [3.63, 3.8) is 0 Å². The first kappa shape index (κ1) is 20.0. The second-order valence-electron chi connectivity index (χ2n) is 7.57. The van der Waals surface area contributed by atoms with E-state index in [9.17, 15) is 4.79 Å². The third kappa shape index (κ3) is 4.93. The number of carbonyl (C=O) groups is 1. The number of hydrogen-bond donors (Lipinski definition) is 1. The number of fused-ring (bicyclic) bond motifs is 1. The number of rotatable bonds is 7. The zero-order valence-corrected chi connectivity index (χ0v) is 17.1. The Hall–Kier alpha value is -2.79. The molecule has 3 aromatic rings. The van der Waals surface area contributed by atoms with Crippen LogP contribution in [0.25, 0.3) is 11.0 Å². The molecule has 0 bridgehead atoms. The number of amides is 2. The summed E-state index contributed by atoms with van der Waals surface area (Å²) in [4.78, 5) is 16.7. The third-order valence-corrected chi connectivity index (χ3v) is 5.00. The maximum atomic E-state index is 12.9. The van der Waals surface area contributed by atoms with Crippen LogP contribution in [0.2, 0.25) is 0 Å². The Morgan fingerprint density at radius 3 is 2.39 bits per heavy atom. The summed E-state index contributed by atoms with van der Waals surface area (Å²) in [7, 11) is 5.85. The zero-order chi connectivity index (χ0) is 20.1. The van der Waals surface area contributed by atoms with Crippen molar-refractivity contribution in [2.75, 3.05) is 27.7 Å². The lowest BCUT2D eigenvalue weighted by Crippen LogP contribution is -2.48. The minimum atomic E-state index is -0.163. The number of hydrogen-bond acceptors (Lipinski definition) is 3. The highest BCUT2D eigenvalue weighted by Gasteiger charge is 2.23. The van der Waals surface area contributed by atoms with Crippen molar-refractivity contribution < 1.29 is 9.21 Å². The average Bonchev–Trinajstić information content (AvgIpc) is 3.11. The number of furan rings is 1. The van der Waals surface area contributed by atoms with Crippen LogP contribution in [0, 0.1) is 0 Å². The highest BCUT2D eigenvalue weighted by Crippen LogP contribution is 2.26. The molecule has 1 N–H and O–H groups in total. The van der Waals surface area contributed by atoms with E-state index in [0.29, 0.717) is 0 Å². The fourth-order valence-corrected chi connectivity index (χ4v) is 3.35. The molecule has 2 atom stereocenters. The lowest BCUT2D eigenvalue weighted by atomic mass is 10.1. The van der Waals surface area contributed by atoms with E-state index < -0.39 is 0 Å². The molecule has 0 saturated carbocycles. The van der Waals surface area contributed by atoms with Gasteiger partial charge in [-0.05, 0) is 45.1 Å². The molecule has 0 radical (unpaired) electrons. The molecular weight excluding hydrogens is 350 g/mol. The molecule has 3 rings (SSSR count). The van der Waals surface area contributed by atoms with Crippen LogP contribution in [0.5, 0.6) is 0 Å². The molecule has 0 fully saturated rings. The number of benzene rings is 2. The predicted octanol–water partition coefficient (Wildman–Crippen LogP) is 4.31. The summed E-state index contributed by atoms with van der Waals surface area (Å²) >= 11 is 0. The summed E-state index contributed by atoms with van der Waals surface area (Å²) < 4.78 is 5.94. The van der Waals surface area contributed by atoms with E-state index in [4.69, 9.17) is 4.42 Å². The topological polar surface area (TPSA) is 48.7 Å². The van der Waals surface area contributed by atoms with E-state index in [1.54, 1.807) is 4.90 Å². The molecule has 2 unspecified atom stereocenters. The van der Waals surface area contributed by atoms with E-state index in [2.05, 4.69) is 22.3 Å². The molecule has 1 heterocycles. The summed E-state index contributed by atoms with van der Waals surface area (Å²) in [5, 5.41) is 4.23. The normalized spacial score (nSPS) is 13.5. The molecule has 5 heteroatoms. The van der Waals surface area contributed by atoms with Crippen LogP contribution in [0.1, 0.15) is 24.3 Å². The minimum absolute atomic E-state index is 0.0234. The van der Waals surface area contributed by atoms with Gasteiger partial charge in [-0.1, -0.05) is 48.5 Å². The molecule has 0 aliphatic carbocycles. The predicted molar refractivity (Wildman–Crippen MR) is 113 cm³/mol. The molecule has 28 heavy (non-hydrogen) atoms. The fourth-order valence-electron chi connectivity index (χ4n) is 3.35. The first-order chi connectivity index (χ1) is 13.4. The molecule has 0 spiro atoms. The largest absolute Gasteiger partial charge is 0.459 e. The van der Waals surface area contributed by atoms with E-state index in [-0.39, 0.29) is 18.1 Å². The van der Waals surface area contributed by atoms with Crippen molar-refractivity contribution in [1.29, 1.82) is 0 Å². The average molecular weight is 380 g/mol. The lowest BCUT2D eigenvalue weighted by molar-refractivity contribution is 0.181. The Bertz CT molecular complexity index is 871. The van der Waals surface area contributed by atoms with Crippen LogP contribution >= 0.6 is 0 Å². The van der Waals surface area contributed by atoms with Crippen molar-refractivity contribution >= 4 is 17.0 Å². The number of carbonyl (C=O) groups excluding carboxylic acids is 1. The van der Waals surface area contributed by atoms with Gasteiger partial charge >= 0.3 is 6.03 Å². The van der Waals surface area contributed by atoms with Crippen LogP contribution in [0.3, 0.4) is 0 Å². The number of para-hydroxylation sites is 1. The Balaban J connectivity index is 1.69. The van der Waals surface area contributed by atoms with Crippen molar-refractivity contribution in [1.82, 2.24) is 15.1 Å². The summed E-state index contributed by atoms with van der Waals surface area (Å²) in [5.41, 5.74) is 2.05. The maximum absolute atomic E-state index is 12.9. The smallest absolute Gasteiger partial charge is 0.318 e. The number of likely N-dealkylation sites (N-methyl/N-ethyl adjacent to an activating group) is 1. The lowest BCUT2D eigenvalue weighted by Gasteiger charge is -2.28. The minimum Gasteiger partial charge on any atom is -0.459 e. The fraction of sp³-hybridized carbons (Fsp3) is 0.348. The van der Waals surface area contributed by atoms with Gasteiger partial charge in [0.1, 0.15) is 11.3 Å². The van der Waals surface area contributed by atoms with Gasteiger partial charge in [-0.2, -0.15) is 0 Å². The van der Waals surface area contributed by atoms with Gasteiger partial charge in [0, 0.05) is 25.0 Å². The molecule has 1 aromatic heterocycles. The third-order valence-electron chi connectivity index (χ3n) is 5.00.